The first-order chi connectivity index (χ1) is 8.63. The molecular weight excluding hydrogens is 224 g/mol. The molecule has 0 aliphatic rings. The molecule has 1 unspecified atom stereocenters. The lowest BCUT2D eigenvalue weighted by Gasteiger charge is -2.20. The maximum Gasteiger partial charge on any atom is 0.151 e. The third-order valence-electron chi connectivity index (χ3n) is 2.81. The molecule has 2 N–H and O–H groups in total. The number of nitrogens with zero attached hydrogens (tertiary/aromatic N) is 1. The zero-order chi connectivity index (χ0) is 13.4. The number of Topliss-reactive ketones (excluding diaryl/α,β-unsaturated/α-hetero) is 1. The molecule has 0 heterocycles. The predicted octanol–water partition coefficient (Wildman–Crippen LogP) is 1.98. The number of nitrogens with two attached hydrogens (primary N) is 1. The van der Waals surface area contributed by atoms with Crippen molar-refractivity contribution in [3.05, 3.63) is 48.6 Å². The van der Waals surface area contributed by atoms with E-state index in [-0.39, 0.29) is 5.78 Å². The van der Waals surface area contributed by atoms with E-state index in [1.807, 2.05) is 25.2 Å². The normalized spacial score (nSPS) is 12.4. The topological polar surface area (TPSA) is 46.3 Å². The molecule has 0 saturated heterocycles. The van der Waals surface area contributed by atoms with Gasteiger partial charge in [0, 0.05) is 19.5 Å². The SMILES string of the molecule is C=CCCC(=O)C(N)CN(C)Cc1ccccc1. The maximum atomic E-state index is 11.7. The van der Waals surface area contributed by atoms with Crippen molar-refractivity contribution >= 4 is 5.78 Å². The molecule has 0 aliphatic heterocycles. The van der Waals surface area contributed by atoms with Gasteiger partial charge in [0.25, 0.3) is 0 Å². The van der Waals surface area contributed by atoms with Crippen LogP contribution in [0.15, 0.2) is 43.0 Å². The molecule has 0 bridgehead atoms. The van der Waals surface area contributed by atoms with Gasteiger partial charge in [0.2, 0.25) is 0 Å². The third-order valence-corrected chi connectivity index (χ3v) is 2.81. The van der Waals surface area contributed by atoms with Gasteiger partial charge in [-0.25, -0.2) is 0 Å². The lowest BCUT2D eigenvalue weighted by atomic mass is 10.1. The summed E-state index contributed by atoms with van der Waals surface area (Å²) in [5.74, 6) is 0.106. The van der Waals surface area contributed by atoms with E-state index in [0.29, 0.717) is 19.4 Å². The quantitative estimate of drug-likeness (QED) is 0.713. The Morgan fingerprint density at radius 2 is 2.11 bits per heavy atom. The zero-order valence-corrected chi connectivity index (χ0v) is 11.0. The van der Waals surface area contributed by atoms with Gasteiger partial charge in [-0.3, -0.25) is 4.79 Å². The highest BCUT2D eigenvalue weighted by molar-refractivity contribution is 5.84. The van der Waals surface area contributed by atoms with Gasteiger partial charge >= 0.3 is 0 Å². The fourth-order valence-electron chi connectivity index (χ4n) is 1.83. The summed E-state index contributed by atoms with van der Waals surface area (Å²) in [4.78, 5) is 13.8. The molecule has 18 heavy (non-hydrogen) atoms. The van der Waals surface area contributed by atoms with Crippen LogP contribution in [0.5, 0.6) is 0 Å². The lowest BCUT2D eigenvalue weighted by Crippen LogP contribution is -2.40. The molecular formula is C15H22N2O. The summed E-state index contributed by atoms with van der Waals surface area (Å²) in [6.07, 6.45) is 2.94. The Labute approximate surface area is 109 Å². The van der Waals surface area contributed by atoms with Crippen LogP contribution in [0.4, 0.5) is 0 Å². The Hall–Kier alpha value is -1.45. The largest absolute Gasteiger partial charge is 0.320 e. The van der Waals surface area contributed by atoms with Crippen LogP contribution in [0, 0.1) is 0 Å². The van der Waals surface area contributed by atoms with Crippen LogP contribution in [0.25, 0.3) is 0 Å². The van der Waals surface area contributed by atoms with Gasteiger partial charge in [-0.2, -0.15) is 0 Å². The van der Waals surface area contributed by atoms with E-state index in [9.17, 15) is 4.79 Å². The van der Waals surface area contributed by atoms with Crippen LogP contribution in [0.1, 0.15) is 18.4 Å². The Kier molecular flexibility index (Phi) is 6.33. The summed E-state index contributed by atoms with van der Waals surface area (Å²) in [5.41, 5.74) is 7.11. The maximum absolute atomic E-state index is 11.7. The van der Waals surface area contributed by atoms with Crippen molar-refractivity contribution in [1.82, 2.24) is 4.90 Å². The molecule has 1 atom stereocenters. The molecule has 3 heteroatoms. The highest BCUT2D eigenvalue weighted by Gasteiger charge is 2.14. The molecule has 3 nitrogen and oxygen atoms in total. The summed E-state index contributed by atoms with van der Waals surface area (Å²) in [6.45, 7) is 5.00. The first kappa shape index (κ1) is 14.6. The average molecular weight is 246 g/mol. The molecule has 0 fully saturated rings. The number of hydrogen-bond donors (Lipinski definition) is 1. The average Bonchev–Trinajstić information content (AvgIpc) is 2.36. The van der Waals surface area contributed by atoms with Crippen molar-refractivity contribution in [3.63, 3.8) is 0 Å². The van der Waals surface area contributed by atoms with Gasteiger partial charge in [-0.05, 0) is 19.0 Å². The second-order valence-corrected chi connectivity index (χ2v) is 4.58. The van der Waals surface area contributed by atoms with Gasteiger partial charge in [0.1, 0.15) is 0 Å². The summed E-state index contributed by atoms with van der Waals surface area (Å²) in [7, 11) is 1.98. The molecule has 0 amide bonds. The van der Waals surface area contributed by atoms with E-state index in [1.54, 1.807) is 6.08 Å². The van der Waals surface area contributed by atoms with Crippen LogP contribution < -0.4 is 5.73 Å². The Morgan fingerprint density at radius 3 is 2.72 bits per heavy atom. The van der Waals surface area contributed by atoms with Crippen LogP contribution in [0.2, 0.25) is 0 Å². The predicted molar refractivity (Wildman–Crippen MR) is 75.2 cm³/mol. The van der Waals surface area contributed by atoms with E-state index < -0.39 is 6.04 Å². The summed E-state index contributed by atoms with van der Waals surface area (Å²) < 4.78 is 0. The number of likely N-dealkylation sites (N-methyl/N-ethyl adjacent to an activating group) is 1. The number of carbonyl (C=O) groups excluding carboxylic acids is 1. The first-order valence-corrected chi connectivity index (χ1v) is 6.25. The molecule has 0 saturated carbocycles. The van der Waals surface area contributed by atoms with E-state index >= 15 is 0 Å². The Bertz CT molecular complexity index is 375. The molecule has 0 aromatic heterocycles. The summed E-state index contributed by atoms with van der Waals surface area (Å²) >= 11 is 0. The van der Waals surface area contributed by atoms with Gasteiger partial charge in [-0.15, -0.1) is 6.58 Å². The van der Waals surface area contributed by atoms with Crippen molar-refractivity contribution < 1.29 is 4.79 Å². The van der Waals surface area contributed by atoms with Crippen LogP contribution in [-0.4, -0.2) is 30.3 Å². The first-order valence-electron chi connectivity index (χ1n) is 6.25. The van der Waals surface area contributed by atoms with Gasteiger partial charge in [0.05, 0.1) is 6.04 Å². The minimum absolute atomic E-state index is 0.106. The van der Waals surface area contributed by atoms with Crippen molar-refractivity contribution in [3.8, 4) is 0 Å². The molecule has 1 rings (SSSR count). The minimum Gasteiger partial charge on any atom is -0.320 e. The smallest absolute Gasteiger partial charge is 0.151 e. The van der Waals surface area contributed by atoms with Crippen molar-refractivity contribution in [2.75, 3.05) is 13.6 Å². The van der Waals surface area contributed by atoms with E-state index in [2.05, 4.69) is 23.6 Å². The summed E-state index contributed by atoms with van der Waals surface area (Å²) in [6, 6.07) is 9.76. The monoisotopic (exact) mass is 246 g/mol. The van der Waals surface area contributed by atoms with Crippen molar-refractivity contribution in [2.45, 2.75) is 25.4 Å². The number of ketones is 1. The number of carbonyl (C=O) groups is 1. The number of benzene rings is 1. The van der Waals surface area contributed by atoms with Gasteiger partial charge < -0.3 is 10.6 Å². The third kappa shape index (κ3) is 5.25. The van der Waals surface area contributed by atoms with Crippen molar-refractivity contribution in [1.29, 1.82) is 0 Å². The van der Waals surface area contributed by atoms with Gasteiger partial charge in [0.15, 0.2) is 5.78 Å². The number of rotatable bonds is 8. The fraction of sp³-hybridized carbons (Fsp3) is 0.400. The Balaban J connectivity index is 2.37. The van der Waals surface area contributed by atoms with Gasteiger partial charge in [-0.1, -0.05) is 36.4 Å². The number of allylic oxidation sites excluding steroid dienone is 1. The minimum atomic E-state index is -0.404. The molecule has 98 valence electrons. The van der Waals surface area contributed by atoms with E-state index in [4.69, 9.17) is 5.73 Å². The molecule has 0 radical (unpaired) electrons. The lowest BCUT2D eigenvalue weighted by molar-refractivity contribution is -0.120. The van der Waals surface area contributed by atoms with Crippen molar-refractivity contribution in [2.24, 2.45) is 5.73 Å². The molecule has 1 aromatic rings. The fourth-order valence-corrected chi connectivity index (χ4v) is 1.83. The molecule has 0 aliphatic carbocycles. The molecule has 0 spiro atoms. The molecule has 1 aromatic carbocycles. The Morgan fingerprint density at radius 1 is 1.44 bits per heavy atom. The second-order valence-electron chi connectivity index (χ2n) is 4.58. The highest BCUT2D eigenvalue weighted by Crippen LogP contribution is 2.04. The van der Waals surface area contributed by atoms with E-state index in [0.717, 1.165) is 6.54 Å². The standard InChI is InChI=1S/C15H22N2O/c1-3-4-10-15(18)14(16)12-17(2)11-13-8-6-5-7-9-13/h3,5-9,14H,1,4,10-12,16H2,2H3. The second kappa shape index (κ2) is 7.80. The van der Waals surface area contributed by atoms with E-state index in [1.165, 1.54) is 5.56 Å². The zero-order valence-electron chi connectivity index (χ0n) is 11.0. The van der Waals surface area contributed by atoms with Crippen LogP contribution in [0.3, 0.4) is 0 Å². The summed E-state index contributed by atoms with van der Waals surface area (Å²) in [5, 5.41) is 0. The highest BCUT2D eigenvalue weighted by atomic mass is 16.1. The van der Waals surface area contributed by atoms with Crippen LogP contribution in [-0.2, 0) is 11.3 Å². The number of hydrogen-bond acceptors (Lipinski definition) is 3. The van der Waals surface area contributed by atoms with Crippen LogP contribution >= 0.6 is 0 Å².